The summed E-state index contributed by atoms with van der Waals surface area (Å²) in [5.41, 5.74) is -0.617. The maximum atomic E-state index is 11.4. The number of rotatable bonds is 5. The number of carbonyl (C=O) groups excluding carboxylic acids is 2. The van der Waals surface area contributed by atoms with Crippen LogP contribution in [0.5, 0.6) is 0 Å². The number of ether oxygens (including phenoxy) is 2. The number of hydrogen-bond acceptors (Lipinski definition) is 5. The van der Waals surface area contributed by atoms with Crippen molar-refractivity contribution < 1.29 is 24.2 Å². The third kappa shape index (κ3) is 8.50. The Morgan fingerprint density at radius 1 is 1.35 bits per heavy atom. The molecule has 0 bridgehead atoms. The van der Waals surface area contributed by atoms with E-state index in [2.05, 4.69) is 5.32 Å². The molecular formula is C11H21NO5. The van der Waals surface area contributed by atoms with Crippen LogP contribution in [-0.4, -0.2) is 42.0 Å². The number of alkyl carbamates (subject to hydrolysis) is 1. The molecule has 2 N–H and O–H groups in total. The van der Waals surface area contributed by atoms with Crippen LogP contribution in [-0.2, 0) is 14.3 Å². The van der Waals surface area contributed by atoms with Gasteiger partial charge in [0.25, 0.3) is 0 Å². The van der Waals surface area contributed by atoms with Crippen molar-refractivity contribution in [3.63, 3.8) is 0 Å². The third-order valence-electron chi connectivity index (χ3n) is 1.66. The van der Waals surface area contributed by atoms with Gasteiger partial charge in [0, 0.05) is 0 Å². The molecule has 1 amide bonds. The molecule has 6 heteroatoms. The molecule has 0 saturated carbocycles. The lowest BCUT2D eigenvalue weighted by Crippen LogP contribution is -2.42. The number of amides is 1. The molecule has 0 aliphatic carbocycles. The van der Waals surface area contributed by atoms with Crippen LogP contribution >= 0.6 is 0 Å². The zero-order valence-corrected chi connectivity index (χ0v) is 10.8. The van der Waals surface area contributed by atoms with Gasteiger partial charge in [0.1, 0.15) is 5.60 Å². The van der Waals surface area contributed by atoms with E-state index < -0.39 is 23.7 Å². The molecule has 100 valence electrons. The number of carbonyl (C=O) groups is 2. The van der Waals surface area contributed by atoms with E-state index in [9.17, 15) is 9.59 Å². The predicted molar refractivity (Wildman–Crippen MR) is 61.5 cm³/mol. The Labute approximate surface area is 101 Å². The summed E-state index contributed by atoms with van der Waals surface area (Å²) in [7, 11) is 0. The van der Waals surface area contributed by atoms with Crippen molar-refractivity contribution in [2.75, 3.05) is 13.2 Å². The van der Waals surface area contributed by atoms with E-state index in [1.54, 1.807) is 27.7 Å². The van der Waals surface area contributed by atoms with Gasteiger partial charge in [-0.15, -0.1) is 0 Å². The topological polar surface area (TPSA) is 84.9 Å². The average molecular weight is 247 g/mol. The van der Waals surface area contributed by atoms with Crippen LogP contribution in [0.1, 0.15) is 34.1 Å². The second-order valence-corrected chi connectivity index (χ2v) is 4.53. The minimum absolute atomic E-state index is 0.0798. The van der Waals surface area contributed by atoms with Crippen LogP contribution < -0.4 is 5.32 Å². The summed E-state index contributed by atoms with van der Waals surface area (Å²) in [4.78, 5) is 22.5. The highest BCUT2D eigenvalue weighted by molar-refractivity contribution is 5.72. The van der Waals surface area contributed by atoms with Crippen LogP contribution in [0.15, 0.2) is 0 Å². The number of nitrogens with one attached hydrogen (secondary N) is 1. The number of aliphatic hydroxyl groups excluding tert-OH is 1. The van der Waals surface area contributed by atoms with Gasteiger partial charge in [0.15, 0.2) is 0 Å². The van der Waals surface area contributed by atoms with Gasteiger partial charge in [-0.1, -0.05) is 0 Å². The average Bonchev–Trinajstić information content (AvgIpc) is 2.13. The SMILES string of the molecule is CCOC(=O)C[C@H](CO)NC(=O)OC(C)(C)C. The Kier molecular flexibility index (Phi) is 6.57. The van der Waals surface area contributed by atoms with Crippen LogP contribution in [0.4, 0.5) is 4.79 Å². The molecule has 0 heterocycles. The first kappa shape index (κ1) is 15.7. The largest absolute Gasteiger partial charge is 0.466 e. The molecule has 0 spiro atoms. The first-order chi connectivity index (χ1) is 7.78. The third-order valence-corrected chi connectivity index (χ3v) is 1.66. The highest BCUT2D eigenvalue weighted by Crippen LogP contribution is 2.07. The van der Waals surface area contributed by atoms with Gasteiger partial charge in [-0.2, -0.15) is 0 Å². The van der Waals surface area contributed by atoms with Crippen molar-refractivity contribution in [1.29, 1.82) is 0 Å². The Morgan fingerprint density at radius 2 is 1.94 bits per heavy atom. The van der Waals surface area contributed by atoms with Crippen molar-refractivity contribution in [2.24, 2.45) is 0 Å². The zero-order valence-electron chi connectivity index (χ0n) is 10.8. The van der Waals surface area contributed by atoms with Gasteiger partial charge >= 0.3 is 12.1 Å². The highest BCUT2D eigenvalue weighted by atomic mass is 16.6. The zero-order chi connectivity index (χ0) is 13.5. The van der Waals surface area contributed by atoms with E-state index >= 15 is 0 Å². The van der Waals surface area contributed by atoms with E-state index in [0.29, 0.717) is 0 Å². The monoisotopic (exact) mass is 247 g/mol. The van der Waals surface area contributed by atoms with Crippen LogP contribution in [0.3, 0.4) is 0 Å². The fourth-order valence-corrected chi connectivity index (χ4v) is 1.06. The van der Waals surface area contributed by atoms with E-state index in [-0.39, 0.29) is 19.6 Å². The van der Waals surface area contributed by atoms with Crippen molar-refractivity contribution in [3.05, 3.63) is 0 Å². The van der Waals surface area contributed by atoms with Crippen LogP contribution in [0, 0.1) is 0 Å². The van der Waals surface area contributed by atoms with Crippen molar-refractivity contribution in [2.45, 2.75) is 45.8 Å². The summed E-state index contributed by atoms with van der Waals surface area (Å²) in [5.74, 6) is -0.470. The first-order valence-electron chi connectivity index (χ1n) is 5.54. The van der Waals surface area contributed by atoms with Gasteiger partial charge in [-0.05, 0) is 27.7 Å². The van der Waals surface area contributed by atoms with E-state index in [1.807, 2.05) is 0 Å². The standard InChI is InChI=1S/C11H21NO5/c1-5-16-9(14)6-8(7-13)12-10(15)17-11(2,3)4/h8,13H,5-7H2,1-4H3,(H,12,15)/t8-/m1/s1. The van der Waals surface area contributed by atoms with E-state index in [0.717, 1.165) is 0 Å². The predicted octanol–water partition coefficient (Wildman–Crippen LogP) is 0.825. The molecule has 0 aromatic heterocycles. The first-order valence-corrected chi connectivity index (χ1v) is 5.54. The quantitative estimate of drug-likeness (QED) is 0.703. The lowest BCUT2D eigenvalue weighted by Gasteiger charge is -2.22. The molecule has 6 nitrogen and oxygen atoms in total. The Bertz CT molecular complexity index is 259. The summed E-state index contributed by atoms with van der Waals surface area (Å²) in [6.45, 7) is 6.79. The molecule has 0 fully saturated rings. The summed E-state index contributed by atoms with van der Waals surface area (Å²) >= 11 is 0. The van der Waals surface area contributed by atoms with Gasteiger partial charge < -0.3 is 19.9 Å². The molecule has 0 saturated heterocycles. The molecule has 0 aromatic rings. The number of esters is 1. The van der Waals surface area contributed by atoms with Crippen molar-refractivity contribution >= 4 is 12.1 Å². The van der Waals surface area contributed by atoms with Crippen LogP contribution in [0.2, 0.25) is 0 Å². The van der Waals surface area contributed by atoms with E-state index in [4.69, 9.17) is 14.6 Å². The summed E-state index contributed by atoms with van der Waals surface area (Å²) in [6.07, 6.45) is -0.746. The minimum atomic E-state index is -0.691. The molecule has 0 aromatic carbocycles. The molecule has 17 heavy (non-hydrogen) atoms. The maximum Gasteiger partial charge on any atom is 0.407 e. The van der Waals surface area contributed by atoms with Gasteiger partial charge in [0.2, 0.25) is 0 Å². The lowest BCUT2D eigenvalue weighted by atomic mass is 10.2. The molecule has 1 atom stereocenters. The molecule has 0 radical (unpaired) electrons. The lowest BCUT2D eigenvalue weighted by molar-refractivity contribution is -0.143. The second kappa shape index (κ2) is 7.11. The van der Waals surface area contributed by atoms with Gasteiger partial charge in [-0.25, -0.2) is 4.79 Å². The molecule has 0 aliphatic heterocycles. The minimum Gasteiger partial charge on any atom is -0.466 e. The fourth-order valence-electron chi connectivity index (χ4n) is 1.06. The molecule has 0 unspecified atom stereocenters. The maximum absolute atomic E-state index is 11.4. The second-order valence-electron chi connectivity index (χ2n) is 4.53. The van der Waals surface area contributed by atoms with Crippen molar-refractivity contribution in [1.82, 2.24) is 5.32 Å². The summed E-state index contributed by atoms with van der Waals surface area (Å²) in [5, 5.41) is 11.4. The Morgan fingerprint density at radius 3 is 2.35 bits per heavy atom. The number of aliphatic hydroxyl groups is 1. The van der Waals surface area contributed by atoms with Gasteiger partial charge in [-0.3, -0.25) is 4.79 Å². The normalized spacial score (nSPS) is 12.8. The molecule has 0 aliphatic rings. The number of hydrogen-bond donors (Lipinski definition) is 2. The Balaban J connectivity index is 4.13. The Hall–Kier alpha value is -1.30. The molecular weight excluding hydrogens is 226 g/mol. The van der Waals surface area contributed by atoms with Crippen molar-refractivity contribution in [3.8, 4) is 0 Å². The van der Waals surface area contributed by atoms with Crippen LogP contribution in [0.25, 0.3) is 0 Å². The smallest absolute Gasteiger partial charge is 0.407 e. The summed E-state index contributed by atoms with van der Waals surface area (Å²) < 4.78 is 9.71. The van der Waals surface area contributed by atoms with Gasteiger partial charge in [0.05, 0.1) is 25.7 Å². The highest BCUT2D eigenvalue weighted by Gasteiger charge is 2.21. The fraction of sp³-hybridized carbons (Fsp3) is 0.818. The molecule has 0 rings (SSSR count). The van der Waals surface area contributed by atoms with E-state index in [1.165, 1.54) is 0 Å². The summed E-state index contributed by atoms with van der Waals surface area (Å²) in [6, 6.07) is -0.691.